The number of carbonyl (C=O) groups is 3. The topological polar surface area (TPSA) is 90.8 Å². The van der Waals surface area contributed by atoms with Gasteiger partial charge in [0.25, 0.3) is 0 Å². The second kappa shape index (κ2) is 5.58. The number of aromatic nitrogens is 1. The van der Waals surface area contributed by atoms with Gasteiger partial charge in [-0.1, -0.05) is 0 Å². The highest BCUT2D eigenvalue weighted by Crippen LogP contribution is 2.15. The number of nitrogens with zero attached hydrogens (tertiary/aromatic N) is 3. The zero-order valence-corrected chi connectivity index (χ0v) is 12.0. The minimum atomic E-state index is -1.09. The lowest BCUT2D eigenvalue weighted by molar-refractivity contribution is -0.157. The van der Waals surface area contributed by atoms with Gasteiger partial charge in [0.2, 0.25) is 5.01 Å². The first-order valence-corrected chi connectivity index (χ1v) is 7.05. The fourth-order valence-electron chi connectivity index (χ4n) is 2.01. The molecule has 1 aromatic heterocycles. The van der Waals surface area contributed by atoms with Crippen LogP contribution in [0.15, 0.2) is 5.38 Å². The number of aromatic carboxylic acids is 1. The third kappa shape index (κ3) is 2.79. The van der Waals surface area contributed by atoms with E-state index in [9.17, 15) is 14.4 Å². The number of piperazine rings is 1. The van der Waals surface area contributed by atoms with Gasteiger partial charge in [-0.15, -0.1) is 11.3 Å². The lowest BCUT2D eigenvalue weighted by Gasteiger charge is -2.35. The van der Waals surface area contributed by atoms with Crippen molar-refractivity contribution in [2.75, 3.05) is 13.1 Å². The first-order valence-electron chi connectivity index (χ1n) is 6.17. The standard InChI is InChI=1S/C12H15N3O4S/c1-7(2)15-4-3-14(10(16)11(15)17)5-8-6-20-9(13-8)12(18)19/h6-7H,3-5H2,1-2H3,(H,18,19). The van der Waals surface area contributed by atoms with Crippen LogP contribution in [0.1, 0.15) is 29.3 Å². The molecule has 1 N–H and O–H groups in total. The molecule has 8 heteroatoms. The second-order valence-corrected chi connectivity index (χ2v) is 5.63. The van der Waals surface area contributed by atoms with Gasteiger partial charge in [0.05, 0.1) is 12.2 Å². The Bertz CT molecular complexity index is 555. The van der Waals surface area contributed by atoms with Gasteiger partial charge in [-0.25, -0.2) is 9.78 Å². The molecular formula is C12H15N3O4S. The van der Waals surface area contributed by atoms with Crippen molar-refractivity contribution in [3.8, 4) is 0 Å². The molecular weight excluding hydrogens is 282 g/mol. The first kappa shape index (κ1) is 14.4. The summed E-state index contributed by atoms with van der Waals surface area (Å²) in [5.41, 5.74) is 0.492. The van der Waals surface area contributed by atoms with E-state index >= 15 is 0 Å². The lowest BCUT2D eigenvalue weighted by Crippen LogP contribution is -2.55. The number of hydrogen-bond donors (Lipinski definition) is 1. The maximum Gasteiger partial charge on any atom is 0.365 e. The molecule has 1 aliphatic rings. The number of amides is 2. The Balaban J connectivity index is 2.05. The molecule has 7 nitrogen and oxygen atoms in total. The Morgan fingerprint density at radius 3 is 2.65 bits per heavy atom. The van der Waals surface area contributed by atoms with E-state index in [4.69, 9.17) is 5.11 Å². The molecule has 1 saturated heterocycles. The highest BCUT2D eigenvalue weighted by Gasteiger charge is 2.33. The summed E-state index contributed by atoms with van der Waals surface area (Å²) in [6, 6.07) is -0.00788. The molecule has 0 saturated carbocycles. The molecule has 0 atom stereocenters. The van der Waals surface area contributed by atoms with Crippen LogP contribution in [-0.2, 0) is 16.1 Å². The number of carbonyl (C=O) groups excluding carboxylic acids is 2. The van der Waals surface area contributed by atoms with E-state index in [0.717, 1.165) is 11.3 Å². The van der Waals surface area contributed by atoms with Gasteiger partial charge in [0, 0.05) is 24.5 Å². The first-order chi connectivity index (χ1) is 9.40. The van der Waals surface area contributed by atoms with Crippen molar-refractivity contribution in [3.63, 3.8) is 0 Å². The fraction of sp³-hybridized carbons (Fsp3) is 0.500. The Kier molecular flexibility index (Phi) is 4.03. The van der Waals surface area contributed by atoms with Crippen molar-refractivity contribution in [2.45, 2.75) is 26.4 Å². The van der Waals surface area contributed by atoms with Gasteiger partial charge in [-0.3, -0.25) is 9.59 Å². The average Bonchev–Trinajstić information content (AvgIpc) is 2.83. The molecule has 20 heavy (non-hydrogen) atoms. The molecule has 0 aromatic carbocycles. The summed E-state index contributed by atoms with van der Waals surface area (Å²) in [6.07, 6.45) is 0. The third-order valence-electron chi connectivity index (χ3n) is 3.05. The van der Waals surface area contributed by atoms with E-state index in [1.807, 2.05) is 13.8 Å². The lowest BCUT2D eigenvalue weighted by atomic mass is 10.2. The molecule has 2 heterocycles. The normalized spacial score (nSPS) is 16.1. The van der Waals surface area contributed by atoms with E-state index in [0.29, 0.717) is 18.8 Å². The van der Waals surface area contributed by atoms with Crippen molar-refractivity contribution in [2.24, 2.45) is 0 Å². The molecule has 1 aromatic rings. The van der Waals surface area contributed by atoms with Crippen molar-refractivity contribution in [3.05, 3.63) is 16.1 Å². The molecule has 108 valence electrons. The van der Waals surface area contributed by atoms with Crippen molar-refractivity contribution < 1.29 is 19.5 Å². The van der Waals surface area contributed by atoms with Crippen LogP contribution in [0.4, 0.5) is 0 Å². The minimum Gasteiger partial charge on any atom is -0.476 e. The number of rotatable bonds is 4. The number of carboxylic acid groups (broad SMARTS) is 1. The van der Waals surface area contributed by atoms with Gasteiger partial charge in [0.15, 0.2) is 0 Å². The maximum atomic E-state index is 12.0. The van der Waals surface area contributed by atoms with Crippen LogP contribution in [0.3, 0.4) is 0 Å². The molecule has 0 radical (unpaired) electrons. The van der Waals surface area contributed by atoms with Crippen LogP contribution < -0.4 is 0 Å². The highest BCUT2D eigenvalue weighted by atomic mass is 32.1. The van der Waals surface area contributed by atoms with Crippen molar-refractivity contribution >= 4 is 29.1 Å². The van der Waals surface area contributed by atoms with Crippen LogP contribution in [0.2, 0.25) is 0 Å². The van der Waals surface area contributed by atoms with Crippen molar-refractivity contribution in [1.82, 2.24) is 14.8 Å². The molecule has 0 spiro atoms. The van der Waals surface area contributed by atoms with E-state index in [1.54, 1.807) is 5.38 Å². The second-order valence-electron chi connectivity index (χ2n) is 4.77. The van der Waals surface area contributed by atoms with Gasteiger partial charge in [-0.05, 0) is 13.8 Å². The zero-order valence-electron chi connectivity index (χ0n) is 11.2. The SMILES string of the molecule is CC(C)N1CCN(Cc2csc(C(=O)O)n2)C(=O)C1=O. The average molecular weight is 297 g/mol. The molecule has 0 aliphatic carbocycles. The van der Waals surface area contributed by atoms with E-state index in [-0.39, 0.29) is 17.6 Å². The Labute approximate surface area is 119 Å². The fourth-order valence-corrected chi connectivity index (χ4v) is 2.65. The van der Waals surface area contributed by atoms with Crippen LogP contribution in [0.25, 0.3) is 0 Å². The molecule has 0 unspecified atom stereocenters. The number of carboxylic acids is 1. The summed E-state index contributed by atoms with van der Waals surface area (Å²) in [5.74, 6) is -2.16. The van der Waals surface area contributed by atoms with E-state index < -0.39 is 17.8 Å². The summed E-state index contributed by atoms with van der Waals surface area (Å²) in [4.78, 5) is 41.5. The number of hydrogen-bond acceptors (Lipinski definition) is 5. The smallest absolute Gasteiger partial charge is 0.365 e. The van der Waals surface area contributed by atoms with Crippen LogP contribution in [0, 0.1) is 0 Å². The minimum absolute atomic E-state index is 0.00788. The highest BCUT2D eigenvalue weighted by molar-refractivity contribution is 7.11. The largest absolute Gasteiger partial charge is 0.476 e. The Morgan fingerprint density at radius 1 is 1.40 bits per heavy atom. The van der Waals surface area contributed by atoms with Crippen LogP contribution >= 0.6 is 11.3 Å². The van der Waals surface area contributed by atoms with Gasteiger partial charge < -0.3 is 14.9 Å². The molecule has 0 bridgehead atoms. The predicted octanol–water partition coefficient (Wildman–Crippen LogP) is 0.421. The quantitative estimate of drug-likeness (QED) is 0.813. The molecule has 2 amide bonds. The van der Waals surface area contributed by atoms with Gasteiger partial charge in [0.1, 0.15) is 0 Å². The van der Waals surface area contributed by atoms with Crippen LogP contribution in [-0.4, -0.2) is 56.8 Å². The molecule has 1 fully saturated rings. The van der Waals surface area contributed by atoms with Gasteiger partial charge in [-0.2, -0.15) is 0 Å². The summed E-state index contributed by atoms with van der Waals surface area (Å²) in [7, 11) is 0. The summed E-state index contributed by atoms with van der Waals surface area (Å²) in [6.45, 7) is 4.81. The summed E-state index contributed by atoms with van der Waals surface area (Å²) >= 11 is 1.01. The molecule has 2 rings (SSSR count). The molecule has 1 aliphatic heterocycles. The number of thiazole rings is 1. The maximum absolute atomic E-state index is 12.0. The zero-order chi connectivity index (χ0) is 14.9. The predicted molar refractivity (Wildman–Crippen MR) is 71.3 cm³/mol. The van der Waals surface area contributed by atoms with E-state index in [1.165, 1.54) is 9.80 Å². The Hall–Kier alpha value is -1.96. The monoisotopic (exact) mass is 297 g/mol. The van der Waals surface area contributed by atoms with E-state index in [2.05, 4.69) is 4.98 Å². The van der Waals surface area contributed by atoms with Crippen LogP contribution in [0.5, 0.6) is 0 Å². The summed E-state index contributed by atoms with van der Waals surface area (Å²) in [5, 5.41) is 10.4. The summed E-state index contributed by atoms with van der Waals surface area (Å²) < 4.78 is 0. The third-order valence-corrected chi connectivity index (χ3v) is 3.93. The van der Waals surface area contributed by atoms with Gasteiger partial charge >= 0.3 is 17.8 Å². The van der Waals surface area contributed by atoms with Crippen molar-refractivity contribution in [1.29, 1.82) is 0 Å². The Morgan fingerprint density at radius 2 is 2.10 bits per heavy atom.